The Morgan fingerprint density at radius 1 is 1.24 bits per heavy atom. The van der Waals surface area contributed by atoms with Crippen LogP contribution in [0.4, 0.5) is 0 Å². The molecule has 25 heavy (non-hydrogen) atoms. The van der Waals surface area contributed by atoms with Crippen LogP contribution < -0.4 is 9.47 Å². The molecule has 5 heteroatoms. The van der Waals surface area contributed by atoms with Crippen molar-refractivity contribution in [3.8, 4) is 17.2 Å². The molecule has 0 aliphatic carbocycles. The van der Waals surface area contributed by atoms with E-state index in [1.54, 1.807) is 26.2 Å². The van der Waals surface area contributed by atoms with Gasteiger partial charge in [-0.2, -0.15) is 0 Å². The zero-order chi connectivity index (χ0) is 17.7. The molecule has 2 aromatic carbocycles. The standard InChI is InChI=1S/C20H17NO4/c1-11-6-13(22)8-17-19(11)20(23)18(25-17)7-12-10-21(2)16-5-4-14(24-3)9-15(12)16/h4-10,22H,1-3H3/b18-7-. The first kappa shape index (κ1) is 15.3. The van der Waals surface area contributed by atoms with Crippen LogP contribution in [0.25, 0.3) is 17.0 Å². The van der Waals surface area contributed by atoms with E-state index in [1.165, 1.54) is 6.07 Å². The maximum Gasteiger partial charge on any atom is 0.232 e. The molecule has 0 amide bonds. The fraction of sp³-hybridized carbons (Fsp3) is 0.150. The summed E-state index contributed by atoms with van der Waals surface area (Å²) in [5.41, 5.74) is 3.10. The minimum atomic E-state index is -0.174. The van der Waals surface area contributed by atoms with Crippen LogP contribution in [-0.4, -0.2) is 22.6 Å². The van der Waals surface area contributed by atoms with Gasteiger partial charge in [-0.1, -0.05) is 0 Å². The molecule has 1 aliphatic rings. The molecule has 2 heterocycles. The third-order valence-corrected chi connectivity index (χ3v) is 4.47. The third-order valence-electron chi connectivity index (χ3n) is 4.47. The van der Waals surface area contributed by atoms with Gasteiger partial charge in [0, 0.05) is 35.8 Å². The van der Waals surface area contributed by atoms with Crippen LogP contribution in [0.1, 0.15) is 21.5 Å². The normalized spacial score (nSPS) is 14.8. The van der Waals surface area contributed by atoms with Crippen molar-refractivity contribution in [3.05, 3.63) is 59.0 Å². The van der Waals surface area contributed by atoms with Gasteiger partial charge in [-0.15, -0.1) is 0 Å². The Morgan fingerprint density at radius 3 is 2.80 bits per heavy atom. The Balaban J connectivity index is 1.84. The number of phenols is 1. The van der Waals surface area contributed by atoms with Crippen molar-refractivity contribution in [2.24, 2.45) is 7.05 Å². The van der Waals surface area contributed by atoms with Crippen molar-refractivity contribution in [2.45, 2.75) is 6.92 Å². The molecule has 3 aromatic rings. The number of phenolic OH excluding ortho intramolecular Hbond substituents is 1. The Labute approximate surface area is 144 Å². The third kappa shape index (κ3) is 2.36. The highest BCUT2D eigenvalue weighted by Crippen LogP contribution is 2.38. The number of benzene rings is 2. The lowest BCUT2D eigenvalue weighted by Gasteiger charge is -2.01. The van der Waals surface area contributed by atoms with Crippen LogP contribution in [0.15, 0.2) is 42.3 Å². The predicted molar refractivity (Wildman–Crippen MR) is 95.3 cm³/mol. The molecule has 5 nitrogen and oxygen atoms in total. The second-order valence-electron chi connectivity index (χ2n) is 6.15. The second-order valence-corrected chi connectivity index (χ2v) is 6.15. The molecule has 0 fully saturated rings. The summed E-state index contributed by atoms with van der Waals surface area (Å²) >= 11 is 0. The molecule has 0 saturated carbocycles. The highest BCUT2D eigenvalue weighted by molar-refractivity contribution is 6.16. The fourth-order valence-electron chi connectivity index (χ4n) is 3.28. The lowest BCUT2D eigenvalue weighted by atomic mass is 10.0. The number of aromatic hydroxyl groups is 1. The molecule has 0 saturated heterocycles. The first-order chi connectivity index (χ1) is 12.0. The minimum Gasteiger partial charge on any atom is -0.508 e. The molecular weight excluding hydrogens is 318 g/mol. The zero-order valence-corrected chi connectivity index (χ0v) is 14.2. The van der Waals surface area contributed by atoms with Gasteiger partial charge in [-0.25, -0.2) is 0 Å². The zero-order valence-electron chi connectivity index (χ0n) is 14.2. The molecule has 126 valence electrons. The van der Waals surface area contributed by atoms with Gasteiger partial charge in [0.15, 0.2) is 5.76 Å². The van der Waals surface area contributed by atoms with Gasteiger partial charge in [0.25, 0.3) is 0 Å². The van der Waals surface area contributed by atoms with E-state index >= 15 is 0 Å². The molecule has 1 aromatic heterocycles. The number of fused-ring (bicyclic) bond motifs is 2. The number of aryl methyl sites for hydroxylation is 2. The topological polar surface area (TPSA) is 60.7 Å². The van der Waals surface area contributed by atoms with Crippen molar-refractivity contribution in [3.63, 3.8) is 0 Å². The maximum absolute atomic E-state index is 12.7. The van der Waals surface area contributed by atoms with Gasteiger partial charge in [0.05, 0.1) is 12.7 Å². The average Bonchev–Trinajstić information content (AvgIpc) is 3.05. The van der Waals surface area contributed by atoms with Gasteiger partial charge in [0.1, 0.15) is 17.2 Å². The van der Waals surface area contributed by atoms with E-state index in [0.717, 1.165) is 22.2 Å². The summed E-state index contributed by atoms with van der Waals surface area (Å²) in [5.74, 6) is 1.30. The predicted octanol–water partition coefficient (Wildman–Crippen LogP) is 3.82. The highest BCUT2D eigenvalue weighted by atomic mass is 16.5. The van der Waals surface area contributed by atoms with Crippen molar-refractivity contribution >= 4 is 22.8 Å². The van der Waals surface area contributed by atoms with Gasteiger partial charge in [-0.3, -0.25) is 4.79 Å². The summed E-state index contributed by atoms with van der Waals surface area (Å²) < 4.78 is 13.0. The summed E-state index contributed by atoms with van der Waals surface area (Å²) in [6, 6.07) is 8.84. The lowest BCUT2D eigenvalue weighted by Crippen LogP contribution is -1.99. The Bertz CT molecular complexity index is 1060. The molecule has 1 N–H and O–H groups in total. The average molecular weight is 335 g/mol. The molecule has 0 radical (unpaired) electrons. The van der Waals surface area contributed by atoms with E-state index in [1.807, 2.05) is 36.0 Å². The summed E-state index contributed by atoms with van der Waals surface area (Å²) in [6.45, 7) is 1.78. The smallest absolute Gasteiger partial charge is 0.232 e. The number of hydrogen-bond acceptors (Lipinski definition) is 4. The van der Waals surface area contributed by atoms with E-state index in [2.05, 4.69) is 0 Å². The van der Waals surface area contributed by atoms with Crippen molar-refractivity contribution in [1.82, 2.24) is 4.57 Å². The number of carbonyl (C=O) groups is 1. The molecule has 0 atom stereocenters. The molecular formula is C20H17NO4. The fourth-order valence-corrected chi connectivity index (χ4v) is 3.28. The van der Waals surface area contributed by atoms with Gasteiger partial charge >= 0.3 is 0 Å². The van der Waals surface area contributed by atoms with Crippen molar-refractivity contribution in [2.75, 3.05) is 7.11 Å². The van der Waals surface area contributed by atoms with Gasteiger partial charge < -0.3 is 19.1 Å². The van der Waals surface area contributed by atoms with E-state index in [4.69, 9.17) is 9.47 Å². The van der Waals surface area contributed by atoms with E-state index < -0.39 is 0 Å². The summed E-state index contributed by atoms with van der Waals surface area (Å²) in [5, 5.41) is 10.7. The molecule has 1 aliphatic heterocycles. The number of ketones is 1. The summed E-state index contributed by atoms with van der Waals surface area (Å²) in [6.07, 6.45) is 3.68. The summed E-state index contributed by atoms with van der Waals surface area (Å²) in [7, 11) is 3.57. The van der Waals surface area contributed by atoms with Gasteiger partial charge in [-0.05, 0) is 42.8 Å². The number of nitrogens with zero attached hydrogens (tertiary/aromatic N) is 1. The van der Waals surface area contributed by atoms with Crippen molar-refractivity contribution in [1.29, 1.82) is 0 Å². The number of rotatable bonds is 2. The highest BCUT2D eigenvalue weighted by Gasteiger charge is 2.30. The largest absolute Gasteiger partial charge is 0.508 e. The second kappa shape index (κ2) is 5.41. The van der Waals surface area contributed by atoms with Crippen molar-refractivity contribution < 1.29 is 19.4 Å². The minimum absolute atomic E-state index is 0.0835. The number of aromatic nitrogens is 1. The van der Waals surface area contributed by atoms with Crippen LogP contribution >= 0.6 is 0 Å². The summed E-state index contributed by atoms with van der Waals surface area (Å²) in [4.78, 5) is 12.7. The Hall–Kier alpha value is -3.21. The van der Waals surface area contributed by atoms with E-state index in [-0.39, 0.29) is 17.3 Å². The number of ether oxygens (including phenoxy) is 2. The van der Waals surface area contributed by atoms with E-state index in [0.29, 0.717) is 16.9 Å². The quantitative estimate of drug-likeness (QED) is 0.723. The first-order valence-corrected chi connectivity index (χ1v) is 7.89. The molecule has 0 unspecified atom stereocenters. The number of carbonyl (C=O) groups excluding carboxylic acids is 1. The SMILES string of the molecule is COc1ccc2c(c1)c(/C=C1\Oc3cc(O)cc(C)c3C1=O)cn2C. The Morgan fingerprint density at radius 2 is 2.04 bits per heavy atom. The van der Waals surface area contributed by atoms with Crippen LogP contribution in [-0.2, 0) is 7.05 Å². The molecule has 0 spiro atoms. The number of hydrogen-bond donors (Lipinski definition) is 1. The maximum atomic E-state index is 12.7. The van der Waals surface area contributed by atoms with Crippen LogP contribution in [0.5, 0.6) is 17.2 Å². The molecule has 0 bridgehead atoms. The molecule has 4 rings (SSSR count). The van der Waals surface area contributed by atoms with Crippen LogP contribution in [0.3, 0.4) is 0 Å². The monoisotopic (exact) mass is 335 g/mol. The van der Waals surface area contributed by atoms with Gasteiger partial charge in [0.2, 0.25) is 5.78 Å². The first-order valence-electron chi connectivity index (χ1n) is 7.89. The number of Topliss-reactive ketones (excluding diaryl/α,β-unsaturated/α-hetero) is 1. The van der Waals surface area contributed by atoms with E-state index in [9.17, 15) is 9.90 Å². The van der Waals surface area contributed by atoms with Crippen LogP contribution in [0.2, 0.25) is 0 Å². The number of methoxy groups -OCH3 is 1. The van der Waals surface area contributed by atoms with Crippen LogP contribution in [0, 0.1) is 6.92 Å². The lowest BCUT2D eigenvalue weighted by molar-refractivity contribution is 0.101. The number of allylic oxidation sites excluding steroid dienone is 1. The Kier molecular flexibility index (Phi) is 3.32.